The summed E-state index contributed by atoms with van der Waals surface area (Å²) in [5, 5.41) is 9.89. The van der Waals surface area contributed by atoms with Crippen LogP contribution in [0.4, 0.5) is 0 Å². The number of ether oxygens (including phenoxy) is 2. The molecule has 0 heterocycles. The summed E-state index contributed by atoms with van der Waals surface area (Å²) in [5.74, 6) is 3.84. The lowest BCUT2D eigenvalue weighted by molar-refractivity contribution is -0.179. The Bertz CT molecular complexity index is 1360. The summed E-state index contributed by atoms with van der Waals surface area (Å²) >= 11 is 0. The van der Waals surface area contributed by atoms with E-state index in [1.165, 1.54) is 83.0 Å². The second-order valence-corrected chi connectivity index (χ2v) is 17.5. The molecule has 9 atom stereocenters. The maximum Gasteiger partial charge on any atom is 0.331 e. The van der Waals surface area contributed by atoms with Crippen molar-refractivity contribution < 1.29 is 19.4 Å². The Morgan fingerprint density at radius 3 is 2.40 bits per heavy atom. The first-order valence-electron chi connectivity index (χ1n) is 18.1. The van der Waals surface area contributed by atoms with E-state index >= 15 is 0 Å². The van der Waals surface area contributed by atoms with Crippen LogP contribution in [0.1, 0.15) is 125 Å². The van der Waals surface area contributed by atoms with Crippen molar-refractivity contribution in [3.8, 4) is 11.5 Å². The van der Waals surface area contributed by atoms with Crippen molar-refractivity contribution in [1.29, 1.82) is 0 Å². The van der Waals surface area contributed by atoms with Gasteiger partial charge in [0.15, 0.2) is 11.5 Å². The van der Waals surface area contributed by atoms with Gasteiger partial charge in [0.2, 0.25) is 0 Å². The van der Waals surface area contributed by atoms with E-state index in [9.17, 15) is 9.90 Å². The number of phenolic OH excluding ortho intramolecular Hbond substituents is 1. The Hall–Kier alpha value is -2.23. The molecule has 248 valence electrons. The van der Waals surface area contributed by atoms with Crippen LogP contribution in [0.2, 0.25) is 0 Å². The highest BCUT2D eigenvalue weighted by molar-refractivity contribution is 5.87. The Morgan fingerprint density at radius 1 is 0.978 bits per heavy atom. The number of aromatic hydroxyl groups is 1. The fourth-order valence-corrected chi connectivity index (χ4v) is 12.5. The Kier molecular flexibility index (Phi) is 8.13. The van der Waals surface area contributed by atoms with Gasteiger partial charge in [-0.3, -0.25) is 0 Å². The monoisotopic (exact) mass is 616 g/mol. The molecule has 6 rings (SSSR count). The van der Waals surface area contributed by atoms with E-state index < -0.39 is 0 Å². The summed E-state index contributed by atoms with van der Waals surface area (Å²) in [7, 11) is 1.52. The Balaban J connectivity index is 1.14. The van der Waals surface area contributed by atoms with E-state index in [2.05, 4.69) is 55.0 Å². The van der Waals surface area contributed by atoms with Crippen LogP contribution >= 0.6 is 0 Å². The number of carbonyl (C=O) groups is 1. The third kappa shape index (κ3) is 4.85. The van der Waals surface area contributed by atoms with Crippen molar-refractivity contribution in [3.63, 3.8) is 0 Å². The molecule has 0 aliphatic heterocycles. The number of allylic oxidation sites excluding steroid dienone is 1. The first kappa shape index (κ1) is 32.7. The average Bonchev–Trinajstić information content (AvgIpc) is 3.58. The van der Waals surface area contributed by atoms with E-state index in [1.54, 1.807) is 24.3 Å². The smallest absolute Gasteiger partial charge is 0.331 e. The van der Waals surface area contributed by atoms with E-state index in [-0.39, 0.29) is 23.2 Å². The number of rotatable bonds is 9. The maximum atomic E-state index is 13.1. The molecule has 0 bridgehead atoms. The summed E-state index contributed by atoms with van der Waals surface area (Å²) < 4.78 is 11.5. The molecule has 5 saturated carbocycles. The minimum atomic E-state index is -0.278. The molecule has 1 aromatic rings. The molecule has 4 nitrogen and oxygen atoms in total. The molecule has 0 amide bonds. The number of hydrogen-bond donors (Lipinski definition) is 1. The number of carbonyl (C=O) groups excluding carboxylic acids is 1. The number of phenols is 1. The second-order valence-electron chi connectivity index (χ2n) is 17.5. The van der Waals surface area contributed by atoms with Gasteiger partial charge in [0.25, 0.3) is 0 Å². The summed E-state index contributed by atoms with van der Waals surface area (Å²) in [6.07, 6.45) is 17.5. The largest absolute Gasteiger partial charge is 0.504 e. The van der Waals surface area contributed by atoms with Crippen molar-refractivity contribution >= 4 is 12.0 Å². The number of methoxy groups -OCH3 is 1. The highest BCUT2D eigenvalue weighted by Gasteiger charge is 2.82. The quantitative estimate of drug-likeness (QED) is 0.170. The average molecular weight is 617 g/mol. The van der Waals surface area contributed by atoms with E-state index in [1.807, 2.05) is 0 Å². The summed E-state index contributed by atoms with van der Waals surface area (Å²) in [5.41, 5.74) is 3.99. The molecular formula is C41H60O4. The van der Waals surface area contributed by atoms with E-state index in [4.69, 9.17) is 9.47 Å². The van der Waals surface area contributed by atoms with Gasteiger partial charge in [0.1, 0.15) is 6.10 Å². The predicted octanol–water partition coefficient (Wildman–Crippen LogP) is 10.4. The van der Waals surface area contributed by atoms with Gasteiger partial charge in [0.05, 0.1) is 7.11 Å². The first-order valence-corrected chi connectivity index (χ1v) is 18.1. The molecule has 5 aliphatic rings. The standard InChI is InChI=1S/C41H60O4/c1-26(2)27(3)10-11-28(4)30-18-20-39(8)34-16-15-33-37(5,6)35(19-21-40(33)25-41(34,40)23-22-38(30,39)7)45-36(43)17-13-29-12-14-31(42)32(24-29)44-9/h12-14,17,24,26,28,30,33-35,42H,3,10-11,15-16,18-23,25H2,1-2,4-9H3/t28-,30-,33+,34-,35+,38-,39+,40-,41+/m1/s1. The minimum absolute atomic E-state index is 0.0365. The maximum absolute atomic E-state index is 13.1. The van der Waals surface area contributed by atoms with Crippen molar-refractivity contribution in [2.75, 3.05) is 7.11 Å². The Morgan fingerprint density at radius 2 is 1.69 bits per heavy atom. The van der Waals surface area contributed by atoms with E-state index in [0.29, 0.717) is 39.2 Å². The number of benzene rings is 1. The van der Waals surface area contributed by atoms with Gasteiger partial charge < -0.3 is 14.6 Å². The zero-order chi connectivity index (χ0) is 32.6. The third-order valence-corrected chi connectivity index (χ3v) is 15.4. The number of esters is 1. The molecule has 0 saturated heterocycles. The summed E-state index contributed by atoms with van der Waals surface area (Å²) in [4.78, 5) is 13.1. The predicted molar refractivity (Wildman–Crippen MR) is 183 cm³/mol. The van der Waals surface area contributed by atoms with Crippen LogP contribution in [-0.4, -0.2) is 24.3 Å². The SMILES string of the molecule is C=C(CC[C@@H](C)[C@H]1CC[C@@]2(C)[C@H]3CC[C@H]4C(C)(C)[C@@H](OC(=O)C=Cc5ccc(O)c(OC)c5)CC[C@@]45C[C@@]35CC[C@]12C)C(C)C. The third-order valence-electron chi connectivity index (χ3n) is 15.4. The second kappa shape index (κ2) is 11.2. The van der Waals surface area contributed by atoms with Crippen LogP contribution in [0.5, 0.6) is 11.5 Å². The summed E-state index contributed by atoms with van der Waals surface area (Å²) in [6, 6.07) is 5.08. The van der Waals surface area contributed by atoms with Gasteiger partial charge in [-0.1, -0.05) is 66.7 Å². The zero-order valence-corrected chi connectivity index (χ0v) is 29.5. The molecule has 0 radical (unpaired) electrons. The fraction of sp³-hybridized carbons (Fsp3) is 0.732. The fourth-order valence-electron chi connectivity index (χ4n) is 12.5. The number of fused-ring (bicyclic) bond motifs is 2. The van der Waals surface area contributed by atoms with Gasteiger partial charge in [-0.25, -0.2) is 4.79 Å². The van der Waals surface area contributed by atoms with Gasteiger partial charge in [-0.05, 0) is 146 Å². The van der Waals surface area contributed by atoms with Crippen LogP contribution in [-0.2, 0) is 9.53 Å². The molecule has 5 aliphatic carbocycles. The highest BCUT2D eigenvalue weighted by Crippen LogP contribution is 2.89. The lowest BCUT2D eigenvalue weighted by Crippen LogP contribution is -2.58. The van der Waals surface area contributed by atoms with Crippen molar-refractivity contribution in [3.05, 3.63) is 42.0 Å². The first-order chi connectivity index (χ1) is 21.1. The van der Waals surface area contributed by atoms with Gasteiger partial charge >= 0.3 is 5.97 Å². The molecule has 4 heteroatoms. The van der Waals surface area contributed by atoms with Gasteiger partial charge in [-0.2, -0.15) is 0 Å². The molecule has 45 heavy (non-hydrogen) atoms. The van der Waals surface area contributed by atoms with Crippen LogP contribution < -0.4 is 4.74 Å². The molecule has 1 aromatic carbocycles. The van der Waals surface area contributed by atoms with Crippen LogP contribution in [0.25, 0.3) is 6.08 Å². The van der Waals surface area contributed by atoms with Crippen molar-refractivity contribution in [2.24, 2.45) is 56.7 Å². The van der Waals surface area contributed by atoms with Crippen LogP contribution in [0.3, 0.4) is 0 Å². The topological polar surface area (TPSA) is 55.8 Å². The Labute approximate surface area is 273 Å². The van der Waals surface area contributed by atoms with Crippen LogP contribution in [0.15, 0.2) is 36.4 Å². The molecule has 0 unspecified atom stereocenters. The lowest BCUT2D eigenvalue weighted by atomic mass is 9.41. The molecular weight excluding hydrogens is 556 g/mol. The zero-order valence-electron chi connectivity index (χ0n) is 29.5. The van der Waals surface area contributed by atoms with Crippen LogP contribution in [0, 0.1) is 56.7 Å². The lowest BCUT2D eigenvalue weighted by Gasteiger charge is -2.63. The van der Waals surface area contributed by atoms with Crippen molar-refractivity contribution in [2.45, 2.75) is 125 Å². The molecule has 0 aromatic heterocycles. The van der Waals surface area contributed by atoms with Crippen molar-refractivity contribution in [1.82, 2.24) is 0 Å². The number of hydrogen-bond acceptors (Lipinski definition) is 4. The minimum Gasteiger partial charge on any atom is -0.504 e. The highest BCUT2D eigenvalue weighted by atomic mass is 16.5. The van der Waals surface area contributed by atoms with Gasteiger partial charge in [-0.15, -0.1) is 0 Å². The summed E-state index contributed by atoms with van der Waals surface area (Å²) in [6.45, 7) is 21.7. The van der Waals surface area contributed by atoms with E-state index in [0.717, 1.165) is 29.7 Å². The molecule has 1 N–H and O–H groups in total. The normalized spacial score (nSPS) is 40.2. The van der Waals surface area contributed by atoms with Gasteiger partial charge in [0, 0.05) is 11.5 Å². The molecule has 5 fully saturated rings. The molecule has 2 spiro atoms.